The van der Waals surface area contributed by atoms with Gasteiger partial charge in [0.05, 0.1) is 7.11 Å². The molecular weight excluding hydrogens is 180 g/mol. The Morgan fingerprint density at radius 1 is 1.43 bits per heavy atom. The molecule has 0 aliphatic rings. The summed E-state index contributed by atoms with van der Waals surface area (Å²) in [6.45, 7) is 6.25. The van der Waals surface area contributed by atoms with E-state index in [0.717, 1.165) is 12.7 Å². The van der Waals surface area contributed by atoms with Crippen LogP contribution in [0.25, 0.3) is 0 Å². The number of rotatable bonds is 5. The maximum Gasteiger partial charge on any atom is 0.305 e. The lowest BCUT2D eigenvalue weighted by atomic mass is 9.76. The third-order valence-electron chi connectivity index (χ3n) is 2.53. The van der Waals surface area contributed by atoms with Gasteiger partial charge < -0.3 is 9.53 Å². The highest BCUT2D eigenvalue weighted by Crippen LogP contribution is 2.31. The second kappa shape index (κ2) is 5.78. The van der Waals surface area contributed by atoms with Crippen LogP contribution in [-0.4, -0.2) is 19.4 Å². The van der Waals surface area contributed by atoms with E-state index in [1.54, 1.807) is 0 Å². The standard InChI is InChI=1S/C11H20O3/c1-11(2,3)9(7-8-12)5-6-10(13)14-4/h8-9H,5-7H2,1-4H3. The van der Waals surface area contributed by atoms with Crippen molar-refractivity contribution in [2.45, 2.75) is 40.0 Å². The van der Waals surface area contributed by atoms with E-state index < -0.39 is 0 Å². The molecule has 0 aromatic rings. The number of esters is 1. The highest BCUT2D eigenvalue weighted by atomic mass is 16.5. The van der Waals surface area contributed by atoms with Gasteiger partial charge in [-0.15, -0.1) is 0 Å². The number of carbonyl (C=O) groups excluding carboxylic acids is 2. The van der Waals surface area contributed by atoms with E-state index in [0.29, 0.717) is 12.8 Å². The molecule has 0 heterocycles. The van der Waals surface area contributed by atoms with Crippen molar-refractivity contribution >= 4 is 12.3 Å². The first-order valence-corrected chi connectivity index (χ1v) is 4.92. The van der Waals surface area contributed by atoms with Gasteiger partial charge in [0.1, 0.15) is 6.29 Å². The maximum absolute atomic E-state index is 10.9. The Morgan fingerprint density at radius 3 is 2.36 bits per heavy atom. The van der Waals surface area contributed by atoms with Crippen LogP contribution in [0.3, 0.4) is 0 Å². The van der Waals surface area contributed by atoms with Gasteiger partial charge in [-0.1, -0.05) is 20.8 Å². The Hall–Kier alpha value is -0.860. The summed E-state index contributed by atoms with van der Waals surface area (Å²) in [7, 11) is 1.38. The van der Waals surface area contributed by atoms with Crippen molar-refractivity contribution in [2.75, 3.05) is 7.11 Å². The molecule has 3 nitrogen and oxygen atoms in total. The molecule has 0 aliphatic carbocycles. The predicted molar refractivity (Wildman–Crippen MR) is 54.9 cm³/mol. The van der Waals surface area contributed by atoms with Crippen molar-refractivity contribution < 1.29 is 14.3 Å². The molecule has 82 valence electrons. The van der Waals surface area contributed by atoms with Gasteiger partial charge in [-0.05, 0) is 17.8 Å². The smallest absolute Gasteiger partial charge is 0.305 e. The van der Waals surface area contributed by atoms with E-state index in [9.17, 15) is 9.59 Å². The van der Waals surface area contributed by atoms with Crippen molar-refractivity contribution in [3.8, 4) is 0 Å². The first kappa shape index (κ1) is 13.1. The molecule has 0 spiro atoms. The van der Waals surface area contributed by atoms with Crippen LogP contribution in [0.5, 0.6) is 0 Å². The van der Waals surface area contributed by atoms with Crippen molar-refractivity contribution in [1.29, 1.82) is 0 Å². The summed E-state index contributed by atoms with van der Waals surface area (Å²) < 4.78 is 4.56. The normalized spacial score (nSPS) is 13.4. The topological polar surface area (TPSA) is 43.4 Å². The molecule has 0 amide bonds. The minimum absolute atomic E-state index is 0.0644. The van der Waals surface area contributed by atoms with Crippen LogP contribution in [0.15, 0.2) is 0 Å². The molecular formula is C11H20O3. The monoisotopic (exact) mass is 200 g/mol. The van der Waals surface area contributed by atoms with Gasteiger partial charge in [0, 0.05) is 12.8 Å². The van der Waals surface area contributed by atoms with Crippen LogP contribution >= 0.6 is 0 Å². The van der Waals surface area contributed by atoms with E-state index >= 15 is 0 Å². The largest absolute Gasteiger partial charge is 0.469 e. The number of methoxy groups -OCH3 is 1. The average molecular weight is 200 g/mol. The molecule has 0 aliphatic heterocycles. The molecule has 0 aromatic heterocycles. The Kier molecular flexibility index (Phi) is 5.43. The number of carbonyl (C=O) groups is 2. The van der Waals surface area contributed by atoms with Crippen molar-refractivity contribution in [2.24, 2.45) is 11.3 Å². The molecule has 3 heteroatoms. The molecule has 1 atom stereocenters. The fourth-order valence-electron chi connectivity index (χ4n) is 1.41. The lowest BCUT2D eigenvalue weighted by Crippen LogP contribution is -2.22. The van der Waals surface area contributed by atoms with Crippen molar-refractivity contribution in [3.63, 3.8) is 0 Å². The van der Waals surface area contributed by atoms with E-state index in [2.05, 4.69) is 25.5 Å². The van der Waals surface area contributed by atoms with Gasteiger partial charge in [-0.25, -0.2) is 0 Å². The molecule has 0 saturated carbocycles. The summed E-state index contributed by atoms with van der Waals surface area (Å²) in [5.74, 6) is 0.0456. The van der Waals surface area contributed by atoms with Crippen LogP contribution in [0.2, 0.25) is 0 Å². The van der Waals surface area contributed by atoms with Crippen LogP contribution < -0.4 is 0 Å². The lowest BCUT2D eigenvalue weighted by Gasteiger charge is -2.28. The Bertz CT molecular complexity index is 191. The van der Waals surface area contributed by atoms with Crippen LogP contribution in [0.1, 0.15) is 40.0 Å². The summed E-state index contributed by atoms with van der Waals surface area (Å²) in [6, 6.07) is 0. The van der Waals surface area contributed by atoms with Crippen molar-refractivity contribution in [3.05, 3.63) is 0 Å². The zero-order valence-corrected chi connectivity index (χ0v) is 9.50. The molecule has 1 unspecified atom stereocenters. The summed E-state index contributed by atoms with van der Waals surface area (Å²) >= 11 is 0. The summed E-state index contributed by atoms with van der Waals surface area (Å²) in [5, 5.41) is 0. The lowest BCUT2D eigenvalue weighted by molar-refractivity contribution is -0.141. The number of hydrogen-bond acceptors (Lipinski definition) is 3. The molecule has 0 aromatic carbocycles. The van der Waals surface area contributed by atoms with E-state index in [1.807, 2.05) is 0 Å². The molecule has 0 radical (unpaired) electrons. The second-order valence-corrected chi connectivity index (χ2v) is 4.58. The SMILES string of the molecule is COC(=O)CCC(CC=O)C(C)(C)C. The zero-order chi connectivity index (χ0) is 11.2. The van der Waals surface area contributed by atoms with E-state index in [-0.39, 0.29) is 17.3 Å². The fourth-order valence-corrected chi connectivity index (χ4v) is 1.41. The molecule has 0 rings (SSSR count). The fraction of sp³-hybridized carbons (Fsp3) is 0.818. The third kappa shape index (κ3) is 5.00. The van der Waals surface area contributed by atoms with Crippen LogP contribution in [0.4, 0.5) is 0 Å². The van der Waals surface area contributed by atoms with Gasteiger partial charge in [-0.3, -0.25) is 4.79 Å². The first-order valence-electron chi connectivity index (χ1n) is 4.92. The molecule has 0 N–H and O–H groups in total. The predicted octanol–water partition coefficient (Wildman–Crippen LogP) is 2.19. The first-order chi connectivity index (χ1) is 6.41. The van der Waals surface area contributed by atoms with E-state index in [4.69, 9.17) is 0 Å². The van der Waals surface area contributed by atoms with Gasteiger partial charge in [0.2, 0.25) is 0 Å². The highest BCUT2D eigenvalue weighted by molar-refractivity contribution is 5.69. The van der Waals surface area contributed by atoms with Gasteiger partial charge in [0.15, 0.2) is 0 Å². The number of ether oxygens (including phenoxy) is 1. The van der Waals surface area contributed by atoms with Crippen molar-refractivity contribution in [1.82, 2.24) is 0 Å². The quantitative estimate of drug-likeness (QED) is 0.504. The minimum Gasteiger partial charge on any atom is -0.469 e. The number of hydrogen-bond donors (Lipinski definition) is 0. The second-order valence-electron chi connectivity index (χ2n) is 4.58. The maximum atomic E-state index is 10.9. The zero-order valence-electron chi connectivity index (χ0n) is 9.50. The molecule has 0 saturated heterocycles. The molecule has 14 heavy (non-hydrogen) atoms. The molecule has 0 bridgehead atoms. The van der Waals surface area contributed by atoms with Crippen LogP contribution in [-0.2, 0) is 14.3 Å². The van der Waals surface area contributed by atoms with E-state index in [1.165, 1.54) is 7.11 Å². The number of aldehydes is 1. The Labute approximate surface area is 85.8 Å². The summed E-state index contributed by atoms with van der Waals surface area (Å²) in [6.07, 6.45) is 2.55. The Morgan fingerprint density at radius 2 is 2.00 bits per heavy atom. The van der Waals surface area contributed by atoms with Gasteiger partial charge in [0.25, 0.3) is 0 Å². The minimum atomic E-state index is -0.204. The summed E-state index contributed by atoms with van der Waals surface area (Å²) in [4.78, 5) is 21.4. The molecule has 0 fully saturated rings. The Balaban J connectivity index is 4.10. The average Bonchev–Trinajstić information content (AvgIpc) is 2.09. The highest BCUT2D eigenvalue weighted by Gasteiger charge is 2.24. The summed E-state index contributed by atoms with van der Waals surface area (Å²) in [5.41, 5.74) is 0.0644. The van der Waals surface area contributed by atoms with Gasteiger partial charge >= 0.3 is 5.97 Å². The third-order valence-corrected chi connectivity index (χ3v) is 2.53. The van der Waals surface area contributed by atoms with Crippen LogP contribution in [0, 0.1) is 11.3 Å². The van der Waals surface area contributed by atoms with Gasteiger partial charge in [-0.2, -0.15) is 0 Å².